The van der Waals surface area contributed by atoms with Gasteiger partial charge in [-0.2, -0.15) is 0 Å². The lowest BCUT2D eigenvalue weighted by Crippen LogP contribution is -2.45. The molecule has 1 aliphatic heterocycles. The van der Waals surface area contributed by atoms with Crippen molar-refractivity contribution in [3.8, 4) is 0 Å². The second-order valence-electron chi connectivity index (χ2n) is 9.81. The van der Waals surface area contributed by atoms with Crippen molar-refractivity contribution < 1.29 is 0 Å². The lowest BCUT2D eigenvalue weighted by atomic mass is 9.85. The Bertz CT molecular complexity index is 1050. The molecule has 1 fully saturated rings. The summed E-state index contributed by atoms with van der Waals surface area (Å²) < 4.78 is 0. The zero-order valence-electron chi connectivity index (χ0n) is 19.5. The Morgan fingerprint density at radius 2 is 1.94 bits per heavy atom. The van der Waals surface area contributed by atoms with E-state index in [2.05, 4.69) is 60.5 Å². The van der Waals surface area contributed by atoms with Gasteiger partial charge in [-0.3, -0.25) is 4.90 Å². The third-order valence-electron chi connectivity index (χ3n) is 7.51. The molecule has 2 aromatic rings. The first-order chi connectivity index (χ1) is 15.6. The normalized spacial score (nSPS) is 22.1. The molecule has 1 N–H and O–H groups in total. The average molecular weight is 447 g/mol. The standard InChI is InChI=1S/C29H35ClN2/c1-3-6-28(26-7-4-5-8-27(26)30)31-29-19-32(16-15-20(29)2)25-14-13-23-17-22(21-9-10-21)11-12-24(23)18-25/h4-8,11-12,17,21,25,31H,3,9-10,13-16,18-19H2,1-2H3/b28-6+. The van der Waals surface area contributed by atoms with Gasteiger partial charge < -0.3 is 5.32 Å². The molecule has 0 spiro atoms. The number of hydrogen-bond acceptors (Lipinski definition) is 2. The van der Waals surface area contributed by atoms with E-state index in [0.29, 0.717) is 6.04 Å². The quantitative estimate of drug-likeness (QED) is 0.509. The number of halogens is 1. The van der Waals surface area contributed by atoms with Crippen LogP contribution in [-0.2, 0) is 12.8 Å². The highest BCUT2D eigenvalue weighted by Crippen LogP contribution is 2.41. The molecule has 2 aromatic carbocycles. The van der Waals surface area contributed by atoms with Crippen molar-refractivity contribution in [2.24, 2.45) is 0 Å². The van der Waals surface area contributed by atoms with Crippen LogP contribution in [0.3, 0.4) is 0 Å². The van der Waals surface area contributed by atoms with Crippen LogP contribution in [0.5, 0.6) is 0 Å². The van der Waals surface area contributed by atoms with Crippen molar-refractivity contribution in [3.05, 3.63) is 87.1 Å². The summed E-state index contributed by atoms with van der Waals surface area (Å²) in [6.45, 7) is 6.63. The van der Waals surface area contributed by atoms with Gasteiger partial charge in [-0.15, -0.1) is 0 Å². The van der Waals surface area contributed by atoms with Gasteiger partial charge in [-0.05, 0) is 80.5 Å². The van der Waals surface area contributed by atoms with Crippen molar-refractivity contribution in [1.29, 1.82) is 0 Å². The summed E-state index contributed by atoms with van der Waals surface area (Å²) in [6, 6.07) is 16.1. The predicted octanol–water partition coefficient (Wildman–Crippen LogP) is 7.10. The molecule has 1 atom stereocenters. The van der Waals surface area contributed by atoms with E-state index in [9.17, 15) is 0 Å². The molecule has 1 unspecified atom stereocenters. The predicted molar refractivity (Wildman–Crippen MR) is 136 cm³/mol. The lowest BCUT2D eigenvalue weighted by molar-refractivity contribution is 0.185. The first kappa shape index (κ1) is 21.8. The van der Waals surface area contributed by atoms with Gasteiger partial charge in [0, 0.05) is 41.1 Å². The summed E-state index contributed by atoms with van der Waals surface area (Å²) in [5.74, 6) is 0.852. The monoisotopic (exact) mass is 446 g/mol. The van der Waals surface area contributed by atoms with Crippen molar-refractivity contribution in [2.75, 3.05) is 13.1 Å². The number of aryl methyl sites for hydroxylation is 1. The van der Waals surface area contributed by atoms with Gasteiger partial charge in [-0.25, -0.2) is 0 Å². The first-order valence-corrected chi connectivity index (χ1v) is 12.8. The van der Waals surface area contributed by atoms with Gasteiger partial charge in [0.1, 0.15) is 0 Å². The van der Waals surface area contributed by atoms with Crippen LogP contribution in [0, 0.1) is 0 Å². The Kier molecular flexibility index (Phi) is 6.44. The van der Waals surface area contributed by atoms with E-state index >= 15 is 0 Å². The number of benzene rings is 2. The Morgan fingerprint density at radius 3 is 2.72 bits per heavy atom. The fraction of sp³-hybridized carbons (Fsp3) is 0.448. The van der Waals surface area contributed by atoms with Crippen molar-refractivity contribution in [2.45, 2.75) is 70.8 Å². The van der Waals surface area contributed by atoms with Crippen molar-refractivity contribution in [1.82, 2.24) is 10.2 Å². The summed E-state index contributed by atoms with van der Waals surface area (Å²) in [5.41, 5.74) is 9.82. The summed E-state index contributed by atoms with van der Waals surface area (Å²) in [6.07, 6.45) is 10.8. The fourth-order valence-electron chi connectivity index (χ4n) is 5.35. The molecular weight excluding hydrogens is 412 g/mol. The van der Waals surface area contributed by atoms with Crippen LogP contribution in [0.15, 0.2) is 59.8 Å². The van der Waals surface area contributed by atoms with Crippen LogP contribution in [0.1, 0.15) is 74.1 Å². The maximum Gasteiger partial charge on any atom is 0.0499 e. The molecule has 3 heteroatoms. The smallest absolute Gasteiger partial charge is 0.0499 e. The van der Waals surface area contributed by atoms with Gasteiger partial charge in [0.2, 0.25) is 0 Å². The largest absolute Gasteiger partial charge is 0.358 e. The van der Waals surface area contributed by atoms with Crippen molar-refractivity contribution >= 4 is 17.3 Å². The Labute approximate surface area is 198 Å². The van der Waals surface area contributed by atoms with Gasteiger partial charge in [0.15, 0.2) is 0 Å². The molecule has 2 aliphatic carbocycles. The Hall–Kier alpha value is -2.03. The SMILES string of the molecule is CC/C=C(/NC1=C(C)CCN(C2CCc3cc(C4CC4)ccc3C2)C1)c1ccccc1Cl. The average Bonchev–Trinajstić information content (AvgIpc) is 3.65. The molecular formula is C29H35ClN2. The maximum absolute atomic E-state index is 6.53. The molecule has 0 aromatic heterocycles. The number of hydrogen-bond donors (Lipinski definition) is 1. The highest BCUT2D eigenvalue weighted by atomic mass is 35.5. The number of rotatable bonds is 6. The van der Waals surface area contributed by atoms with E-state index in [0.717, 1.165) is 48.1 Å². The molecule has 1 saturated carbocycles. The number of fused-ring (bicyclic) bond motifs is 1. The third-order valence-corrected chi connectivity index (χ3v) is 7.84. The van der Waals surface area contributed by atoms with E-state index in [1.54, 1.807) is 16.7 Å². The van der Waals surface area contributed by atoms with Crippen molar-refractivity contribution in [3.63, 3.8) is 0 Å². The minimum atomic E-state index is 0.637. The zero-order chi connectivity index (χ0) is 22.1. The molecule has 0 saturated heterocycles. The molecule has 32 heavy (non-hydrogen) atoms. The minimum Gasteiger partial charge on any atom is -0.358 e. The third kappa shape index (κ3) is 4.67. The van der Waals surface area contributed by atoms with Gasteiger partial charge in [0.05, 0.1) is 0 Å². The molecule has 0 bridgehead atoms. The fourth-order valence-corrected chi connectivity index (χ4v) is 5.59. The Balaban J connectivity index is 1.30. The van der Waals surface area contributed by atoms with Crippen LogP contribution in [0.25, 0.3) is 5.70 Å². The Morgan fingerprint density at radius 1 is 1.09 bits per heavy atom. The van der Waals surface area contributed by atoms with Crippen LogP contribution in [0.4, 0.5) is 0 Å². The lowest BCUT2D eigenvalue weighted by Gasteiger charge is -2.39. The van der Waals surface area contributed by atoms with E-state index in [1.165, 1.54) is 43.4 Å². The molecule has 1 heterocycles. The molecule has 0 amide bonds. The second kappa shape index (κ2) is 9.45. The summed E-state index contributed by atoms with van der Waals surface area (Å²) in [4.78, 5) is 2.71. The van der Waals surface area contributed by atoms with Gasteiger partial charge in [0.25, 0.3) is 0 Å². The minimum absolute atomic E-state index is 0.637. The summed E-state index contributed by atoms with van der Waals surface area (Å²) >= 11 is 6.53. The molecule has 5 rings (SSSR count). The van der Waals surface area contributed by atoms with Crippen LogP contribution in [0.2, 0.25) is 5.02 Å². The summed E-state index contributed by atoms with van der Waals surface area (Å²) in [5, 5.41) is 4.60. The molecule has 168 valence electrons. The first-order valence-electron chi connectivity index (χ1n) is 12.4. The topological polar surface area (TPSA) is 15.3 Å². The highest BCUT2D eigenvalue weighted by molar-refractivity contribution is 6.32. The van der Waals surface area contributed by atoms with Crippen LogP contribution < -0.4 is 5.32 Å². The molecule has 2 nitrogen and oxygen atoms in total. The van der Waals surface area contributed by atoms with Crippen LogP contribution in [-0.4, -0.2) is 24.0 Å². The molecule has 3 aliphatic rings. The van der Waals surface area contributed by atoms with Gasteiger partial charge >= 0.3 is 0 Å². The number of nitrogens with zero attached hydrogens (tertiary/aromatic N) is 1. The number of allylic oxidation sites excluding steroid dienone is 1. The maximum atomic E-state index is 6.53. The van der Waals surface area contributed by atoms with Crippen LogP contribution >= 0.6 is 11.6 Å². The van der Waals surface area contributed by atoms with Gasteiger partial charge in [-0.1, -0.05) is 66.6 Å². The zero-order valence-corrected chi connectivity index (χ0v) is 20.2. The number of nitrogens with one attached hydrogen (secondary N) is 1. The second-order valence-corrected chi connectivity index (χ2v) is 10.2. The van der Waals surface area contributed by atoms with E-state index in [4.69, 9.17) is 11.6 Å². The highest BCUT2D eigenvalue weighted by Gasteiger charge is 2.29. The van der Waals surface area contributed by atoms with E-state index in [1.807, 2.05) is 12.1 Å². The summed E-state index contributed by atoms with van der Waals surface area (Å²) in [7, 11) is 0. The molecule has 0 radical (unpaired) electrons. The van der Waals surface area contributed by atoms with E-state index < -0.39 is 0 Å². The van der Waals surface area contributed by atoms with E-state index in [-0.39, 0.29) is 0 Å².